The number of amides is 1. The van der Waals surface area contributed by atoms with Crippen LogP contribution in [0.15, 0.2) is 18.2 Å². The second-order valence-electron chi connectivity index (χ2n) is 4.68. The molecule has 0 aromatic heterocycles. The fourth-order valence-electron chi connectivity index (χ4n) is 2.50. The number of fused-ring (bicyclic) bond motifs is 1. The van der Waals surface area contributed by atoms with Gasteiger partial charge >= 0.3 is 5.97 Å². The van der Waals surface area contributed by atoms with Gasteiger partial charge in [-0.2, -0.15) is 0 Å². The number of rotatable bonds is 4. The number of anilines is 1. The van der Waals surface area contributed by atoms with Gasteiger partial charge in [-0.15, -0.1) is 0 Å². The van der Waals surface area contributed by atoms with Crippen LogP contribution < -0.4 is 10.2 Å². The minimum Gasteiger partial charge on any atom is -0.478 e. The third-order valence-electron chi connectivity index (χ3n) is 3.33. The molecule has 0 fully saturated rings. The smallest absolute Gasteiger partial charge is 0.336 e. The second-order valence-corrected chi connectivity index (χ2v) is 4.68. The van der Waals surface area contributed by atoms with E-state index in [1.54, 1.807) is 12.1 Å². The number of carbonyl (C=O) groups is 2. The molecule has 1 aliphatic rings. The number of carbonyl (C=O) groups excluding carboxylic acids is 1. The molecule has 0 atom stereocenters. The predicted octanol–water partition coefficient (Wildman–Crippen LogP) is 1.27. The Kier molecular flexibility index (Phi) is 4.04. The highest BCUT2D eigenvalue weighted by atomic mass is 16.4. The van der Waals surface area contributed by atoms with Gasteiger partial charge in [-0.1, -0.05) is 6.07 Å². The summed E-state index contributed by atoms with van der Waals surface area (Å²) in [5.74, 6) is -0.919. The number of carboxylic acids is 1. The van der Waals surface area contributed by atoms with Crippen LogP contribution in [0.5, 0.6) is 0 Å². The van der Waals surface area contributed by atoms with Gasteiger partial charge in [-0.3, -0.25) is 4.79 Å². The molecule has 1 aromatic rings. The van der Waals surface area contributed by atoms with Crippen LogP contribution in [0.1, 0.15) is 29.3 Å². The molecule has 0 bridgehead atoms. The minimum atomic E-state index is -0.874. The first kappa shape index (κ1) is 13.4. The lowest BCUT2D eigenvalue weighted by Crippen LogP contribution is -2.37. The maximum atomic E-state index is 11.2. The molecule has 0 unspecified atom stereocenters. The molecule has 0 saturated carbocycles. The summed E-state index contributed by atoms with van der Waals surface area (Å²) in [6.45, 7) is 3.67. The molecule has 0 aliphatic carbocycles. The van der Waals surface area contributed by atoms with Gasteiger partial charge in [0.25, 0.3) is 0 Å². The summed E-state index contributed by atoms with van der Waals surface area (Å²) in [4.78, 5) is 24.2. The van der Waals surface area contributed by atoms with Crippen LogP contribution in [0, 0.1) is 0 Å². The molecular weight excluding hydrogens is 244 g/mol. The number of nitrogens with one attached hydrogen (secondary N) is 1. The van der Waals surface area contributed by atoms with E-state index in [-0.39, 0.29) is 5.91 Å². The first-order chi connectivity index (χ1) is 9.09. The molecule has 5 nitrogen and oxygen atoms in total. The Hall–Kier alpha value is -2.04. The molecule has 19 heavy (non-hydrogen) atoms. The third kappa shape index (κ3) is 3.05. The van der Waals surface area contributed by atoms with Gasteiger partial charge in [0.2, 0.25) is 5.91 Å². The maximum absolute atomic E-state index is 11.2. The van der Waals surface area contributed by atoms with Gasteiger partial charge in [0, 0.05) is 32.2 Å². The lowest BCUT2D eigenvalue weighted by molar-refractivity contribution is -0.118. The molecule has 5 heteroatoms. The third-order valence-corrected chi connectivity index (χ3v) is 3.33. The molecule has 0 saturated heterocycles. The summed E-state index contributed by atoms with van der Waals surface area (Å²) in [5, 5.41) is 12.0. The zero-order chi connectivity index (χ0) is 13.8. The first-order valence-electron chi connectivity index (χ1n) is 6.44. The standard InChI is InChI=1S/C14H18N2O3/c1-10(17)15-7-9-16-8-3-5-11-12(14(18)19)4-2-6-13(11)16/h2,4,6H,3,5,7-9H2,1H3,(H,15,17)(H,18,19). The number of carboxylic acid groups (broad SMARTS) is 1. The van der Waals surface area contributed by atoms with E-state index < -0.39 is 5.97 Å². The zero-order valence-corrected chi connectivity index (χ0v) is 11.0. The molecule has 2 rings (SSSR count). The van der Waals surface area contributed by atoms with Gasteiger partial charge in [0.05, 0.1) is 5.56 Å². The van der Waals surface area contributed by atoms with Gasteiger partial charge in [0.1, 0.15) is 0 Å². The van der Waals surface area contributed by atoms with Crippen LogP contribution in [-0.4, -0.2) is 36.6 Å². The van der Waals surface area contributed by atoms with Crippen LogP contribution in [0.3, 0.4) is 0 Å². The highest BCUT2D eigenvalue weighted by molar-refractivity contribution is 5.91. The van der Waals surface area contributed by atoms with Gasteiger partial charge in [0.15, 0.2) is 0 Å². The Balaban J connectivity index is 2.17. The average Bonchev–Trinajstić information content (AvgIpc) is 2.37. The van der Waals surface area contributed by atoms with E-state index in [9.17, 15) is 14.7 Å². The van der Waals surface area contributed by atoms with Crippen molar-refractivity contribution in [1.82, 2.24) is 5.32 Å². The number of hydrogen-bond acceptors (Lipinski definition) is 3. The molecule has 1 heterocycles. The van der Waals surface area contributed by atoms with E-state index in [4.69, 9.17) is 0 Å². The molecule has 102 valence electrons. The Bertz CT molecular complexity index is 499. The minimum absolute atomic E-state index is 0.0449. The van der Waals surface area contributed by atoms with E-state index in [0.29, 0.717) is 18.7 Å². The van der Waals surface area contributed by atoms with Crippen molar-refractivity contribution in [2.75, 3.05) is 24.5 Å². The molecule has 1 aromatic carbocycles. The van der Waals surface area contributed by atoms with E-state index in [1.165, 1.54) is 6.92 Å². The fraction of sp³-hybridized carbons (Fsp3) is 0.429. The van der Waals surface area contributed by atoms with Crippen molar-refractivity contribution in [1.29, 1.82) is 0 Å². The molecule has 1 aliphatic heterocycles. The molecule has 2 N–H and O–H groups in total. The Morgan fingerprint density at radius 3 is 2.89 bits per heavy atom. The van der Waals surface area contributed by atoms with Gasteiger partial charge in [-0.25, -0.2) is 4.79 Å². The van der Waals surface area contributed by atoms with Crippen LogP contribution in [0.25, 0.3) is 0 Å². The van der Waals surface area contributed by atoms with Crippen molar-refractivity contribution in [3.8, 4) is 0 Å². The van der Waals surface area contributed by atoms with E-state index >= 15 is 0 Å². The number of nitrogens with zero attached hydrogens (tertiary/aromatic N) is 1. The van der Waals surface area contributed by atoms with Crippen LogP contribution in [-0.2, 0) is 11.2 Å². The summed E-state index contributed by atoms with van der Waals surface area (Å²) in [5.41, 5.74) is 2.28. The van der Waals surface area contributed by atoms with Crippen molar-refractivity contribution in [2.24, 2.45) is 0 Å². The molecule has 1 amide bonds. The Morgan fingerprint density at radius 1 is 1.42 bits per heavy atom. The monoisotopic (exact) mass is 262 g/mol. The Morgan fingerprint density at radius 2 is 2.21 bits per heavy atom. The number of aromatic carboxylic acids is 1. The second kappa shape index (κ2) is 5.73. The summed E-state index contributed by atoms with van der Waals surface area (Å²) in [6, 6.07) is 5.38. The fourth-order valence-corrected chi connectivity index (χ4v) is 2.50. The quantitative estimate of drug-likeness (QED) is 0.857. The van der Waals surface area contributed by atoms with E-state index in [1.807, 2.05) is 6.07 Å². The Labute approximate surface area is 112 Å². The highest BCUT2D eigenvalue weighted by Crippen LogP contribution is 2.29. The molecular formula is C14H18N2O3. The topological polar surface area (TPSA) is 69.6 Å². The van der Waals surface area contributed by atoms with Crippen LogP contribution in [0.2, 0.25) is 0 Å². The lowest BCUT2D eigenvalue weighted by atomic mass is 9.96. The SMILES string of the molecule is CC(=O)NCCN1CCCc2c(C(=O)O)cccc21. The maximum Gasteiger partial charge on any atom is 0.336 e. The molecule has 0 spiro atoms. The van der Waals surface area contributed by atoms with Crippen molar-refractivity contribution < 1.29 is 14.7 Å². The largest absolute Gasteiger partial charge is 0.478 e. The summed E-state index contributed by atoms with van der Waals surface area (Å²) in [7, 11) is 0. The summed E-state index contributed by atoms with van der Waals surface area (Å²) < 4.78 is 0. The predicted molar refractivity (Wildman–Crippen MR) is 72.6 cm³/mol. The van der Waals surface area contributed by atoms with Crippen LogP contribution in [0.4, 0.5) is 5.69 Å². The number of hydrogen-bond donors (Lipinski definition) is 2. The van der Waals surface area contributed by atoms with Gasteiger partial charge in [-0.05, 0) is 30.5 Å². The van der Waals surface area contributed by atoms with Gasteiger partial charge < -0.3 is 15.3 Å². The molecule has 0 radical (unpaired) electrons. The summed E-state index contributed by atoms with van der Waals surface area (Å²) >= 11 is 0. The van der Waals surface area contributed by atoms with Crippen molar-refractivity contribution >= 4 is 17.6 Å². The van der Waals surface area contributed by atoms with Crippen molar-refractivity contribution in [3.05, 3.63) is 29.3 Å². The average molecular weight is 262 g/mol. The number of benzene rings is 1. The normalized spacial score (nSPS) is 13.8. The van der Waals surface area contributed by atoms with Crippen LogP contribution >= 0.6 is 0 Å². The highest BCUT2D eigenvalue weighted by Gasteiger charge is 2.21. The van der Waals surface area contributed by atoms with E-state index in [2.05, 4.69) is 10.2 Å². The van der Waals surface area contributed by atoms with Crippen molar-refractivity contribution in [3.63, 3.8) is 0 Å². The first-order valence-corrected chi connectivity index (χ1v) is 6.44. The lowest BCUT2D eigenvalue weighted by Gasteiger charge is -2.32. The van der Waals surface area contributed by atoms with Crippen molar-refractivity contribution in [2.45, 2.75) is 19.8 Å². The zero-order valence-electron chi connectivity index (χ0n) is 11.0. The van der Waals surface area contributed by atoms with E-state index in [0.717, 1.165) is 30.6 Å². The summed E-state index contributed by atoms with van der Waals surface area (Å²) in [6.07, 6.45) is 1.74.